The van der Waals surface area contributed by atoms with Crippen molar-refractivity contribution in [3.63, 3.8) is 0 Å². The molecule has 8 nitrogen and oxygen atoms in total. The Morgan fingerprint density at radius 3 is 2.32 bits per heavy atom. The normalized spacial score (nSPS) is 19.0. The maximum Gasteiger partial charge on any atom is 0.415 e. The van der Waals surface area contributed by atoms with Crippen molar-refractivity contribution < 1.29 is 14.3 Å². The van der Waals surface area contributed by atoms with Crippen LogP contribution >= 0.6 is 0 Å². The third-order valence-corrected chi connectivity index (χ3v) is 5.99. The van der Waals surface area contributed by atoms with Gasteiger partial charge in [-0.05, 0) is 49.9 Å². The van der Waals surface area contributed by atoms with Gasteiger partial charge in [-0.25, -0.2) is 14.8 Å². The average Bonchev–Trinajstić information content (AvgIpc) is 3.11. The van der Waals surface area contributed by atoms with Crippen LogP contribution in [0.4, 0.5) is 16.4 Å². The highest BCUT2D eigenvalue weighted by atomic mass is 16.6. The van der Waals surface area contributed by atoms with E-state index in [4.69, 9.17) is 4.74 Å². The topological polar surface area (TPSA) is 78.9 Å². The molecule has 31 heavy (non-hydrogen) atoms. The lowest BCUT2D eigenvalue weighted by atomic mass is 10.1. The van der Waals surface area contributed by atoms with Crippen molar-refractivity contribution in [3.05, 3.63) is 46.8 Å². The standard InChI is InChI=1S/C23H29N5O3/c1-5-18-10-15(2)20(24-12-18)26-6-8-27(9-7-26)22(29)19-11-16(3)21(25-13-19)28-17(4)14-31-23(28)30/h10-13,17H,5-9,14H2,1-4H3/t17-/m1/s1. The van der Waals surface area contributed by atoms with Crippen LogP contribution in [-0.4, -0.2) is 65.7 Å². The second-order valence-electron chi connectivity index (χ2n) is 8.28. The van der Waals surface area contributed by atoms with Crippen molar-refractivity contribution in [2.75, 3.05) is 42.6 Å². The summed E-state index contributed by atoms with van der Waals surface area (Å²) < 4.78 is 5.09. The summed E-state index contributed by atoms with van der Waals surface area (Å²) in [6.07, 6.45) is 4.08. The van der Waals surface area contributed by atoms with Gasteiger partial charge < -0.3 is 14.5 Å². The Labute approximate surface area is 182 Å². The number of anilines is 2. The van der Waals surface area contributed by atoms with Crippen LogP contribution < -0.4 is 9.80 Å². The maximum atomic E-state index is 13.1. The first-order valence-electron chi connectivity index (χ1n) is 10.8. The van der Waals surface area contributed by atoms with E-state index in [-0.39, 0.29) is 11.9 Å². The fraction of sp³-hybridized carbons (Fsp3) is 0.478. The number of carbonyl (C=O) groups excluding carboxylic acids is 2. The molecule has 2 aliphatic rings. The van der Waals surface area contributed by atoms with Gasteiger partial charge in [-0.1, -0.05) is 13.0 Å². The first-order chi connectivity index (χ1) is 14.9. The van der Waals surface area contributed by atoms with E-state index in [1.54, 1.807) is 11.1 Å². The van der Waals surface area contributed by atoms with Crippen LogP contribution in [0.15, 0.2) is 24.5 Å². The van der Waals surface area contributed by atoms with Gasteiger partial charge in [0.05, 0.1) is 11.6 Å². The van der Waals surface area contributed by atoms with E-state index < -0.39 is 6.09 Å². The van der Waals surface area contributed by atoms with E-state index in [9.17, 15) is 9.59 Å². The monoisotopic (exact) mass is 423 g/mol. The van der Waals surface area contributed by atoms with E-state index in [1.165, 1.54) is 11.1 Å². The Hall–Kier alpha value is -3.16. The number of hydrogen-bond acceptors (Lipinski definition) is 6. The highest BCUT2D eigenvalue weighted by Crippen LogP contribution is 2.26. The molecule has 2 aliphatic heterocycles. The van der Waals surface area contributed by atoms with Crippen LogP contribution in [0.2, 0.25) is 0 Å². The summed E-state index contributed by atoms with van der Waals surface area (Å²) in [6.45, 7) is 11.1. The molecule has 2 aromatic rings. The lowest BCUT2D eigenvalue weighted by molar-refractivity contribution is 0.0746. The number of amides is 2. The fourth-order valence-electron chi connectivity index (χ4n) is 4.20. The summed E-state index contributed by atoms with van der Waals surface area (Å²) in [5.74, 6) is 1.51. The van der Waals surface area contributed by atoms with E-state index in [2.05, 4.69) is 34.8 Å². The summed E-state index contributed by atoms with van der Waals surface area (Å²) in [5, 5.41) is 0. The Bertz CT molecular complexity index is 1000. The molecule has 2 saturated heterocycles. The van der Waals surface area contributed by atoms with Crippen LogP contribution in [0.25, 0.3) is 0 Å². The zero-order valence-corrected chi connectivity index (χ0v) is 18.6. The molecule has 1 atom stereocenters. The molecule has 0 unspecified atom stereocenters. The van der Waals surface area contributed by atoms with E-state index >= 15 is 0 Å². The first-order valence-corrected chi connectivity index (χ1v) is 10.8. The number of carbonyl (C=O) groups is 2. The lowest BCUT2D eigenvalue weighted by Gasteiger charge is -2.36. The van der Waals surface area contributed by atoms with Gasteiger partial charge >= 0.3 is 6.09 Å². The lowest BCUT2D eigenvalue weighted by Crippen LogP contribution is -2.49. The molecule has 0 bridgehead atoms. The van der Waals surface area contributed by atoms with Crippen LogP contribution in [0.3, 0.4) is 0 Å². The minimum absolute atomic E-state index is 0.0372. The fourth-order valence-corrected chi connectivity index (χ4v) is 4.20. The predicted molar refractivity (Wildman–Crippen MR) is 119 cm³/mol. The summed E-state index contributed by atoms with van der Waals surface area (Å²) in [7, 11) is 0. The number of piperazine rings is 1. The molecule has 0 aromatic carbocycles. The zero-order chi connectivity index (χ0) is 22.1. The van der Waals surface area contributed by atoms with Crippen molar-refractivity contribution in [1.82, 2.24) is 14.9 Å². The molecular formula is C23H29N5O3. The van der Waals surface area contributed by atoms with Gasteiger partial charge in [0.25, 0.3) is 5.91 Å². The average molecular weight is 424 g/mol. The van der Waals surface area contributed by atoms with Crippen LogP contribution in [0.1, 0.15) is 40.9 Å². The highest BCUT2D eigenvalue weighted by molar-refractivity contribution is 5.95. The molecule has 2 amide bonds. The molecule has 2 aromatic heterocycles. The van der Waals surface area contributed by atoms with Gasteiger partial charge in [0.15, 0.2) is 0 Å². The van der Waals surface area contributed by atoms with Crippen molar-refractivity contribution in [1.29, 1.82) is 0 Å². The van der Waals surface area contributed by atoms with Gasteiger partial charge in [-0.2, -0.15) is 0 Å². The molecular weight excluding hydrogens is 394 g/mol. The SMILES string of the molecule is CCc1cnc(N2CCN(C(=O)c3cnc(N4C(=O)OC[C@H]4C)c(C)c3)CC2)c(C)c1. The highest BCUT2D eigenvalue weighted by Gasteiger charge is 2.33. The summed E-state index contributed by atoms with van der Waals surface area (Å²) in [4.78, 5) is 39.8. The summed E-state index contributed by atoms with van der Waals surface area (Å²) in [6, 6.07) is 3.93. The van der Waals surface area contributed by atoms with Gasteiger partial charge in [-0.15, -0.1) is 0 Å². The summed E-state index contributed by atoms with van der Waals surface area (Å²) in [5.41, 5.74) is 3.73. The molecule has 8 heteroatoms. The molecule has 0 radical (unpaired) electrons. The number of ether oxygens (including phenoxy) is 1. The Kier molecular flexibility index (Phi) is 5.80. The number of hydrogen-bond donors (Lipinski definition) is 0. The van der Waals surface area contributed by atoms with Gasteiger partial charge in [0, 0.05) is 38.6 Å². The number of cyclic esters (lactones) is 1. The van der Waals surface area contributed by atoms with Crippen molar-refractivity contribution >= 4 is 23.6 Å². The molecule has 2 fully saturated rings. The largest absolute Gasteiger partial charge is 0.447 e. The molecule has 0 saturated carbocycles. The molecule has 0 aliphatic carbocycles. The van der Waals surface area contributed by atoms with E-state index in [1.807, 2.05) is 31.0 Å². The van der Waals surface area contributed by atoms with Crippen LogP contribution in [-0.2, 0) is 11.2 Å². The van der Waals surface area contributed by atoms with Crippen molar-refractivity contribution in [3.8, 4) is 0 Å². The van der Waals surface area contributed by atoms with Crippen LogP contribution in [0, 0.1) is 13.8 Å². The smallest absolute Gasteiger partial charge is 0.415 e. The molecule has 164 valence electrons. The van der Waals surface area contributed by atoms with Crippen molar-refractivity contribution in [2.45, 2.75) is 40.2 Å². The predicted octanol–water partition coefficient (Wildman–Crippen LogP) is 2.96. The van der Waals surface area contributed by atoms with Gasteiger partial charge in [0.2, 0.25) is 0 Å². The van der Waals surface area contributed by atoms with Crippen molar-refractivity contribution in [2.24, 2.45) is 0 Å². The number of aryl methyl sites for hydroxylation is 3. The van der Waals surface area contributed by atoms with Gasteiger partial charge in [-0.3, -0.25) is 9.69 Å². The molecule has 4 rings (SSSR count). The number of aromatic nitrogens is 2. The molecule has 4 heterocycles. The van der Waals surface area contributed by atoms with Gasteiger partial charge in [0.1, 0.15) is 18.2 Å². The molecule has 0 spiro atoms. The quantitative estimate of drug-likeness (QED) is 0.752. The minimum atomic E-state index is -0.394. The Morgan fingerprint density at radius 1 is 1.06 bits per heavy atom. The number of rotatable bonds is 4. The minimum Gasteiger partial charge on any atom is -0.447 e. The second kappa shape index (κ2) is 8.53. The molecule has 0 N–H and O–H groups in total. The second-order valence-corrected chi connectivity index (χ2v) is 8.28. The third kappa shape index (κ3) is 4.06. The maximum absolute atomic E-state index is 13.1. The first kappa shape index (κ1) is 21.1. The van der Waals surface area contributed by atoms with E-state index in [0.29, 0.717) is 31.1 Å². The third-order valence-electron chi connectivity index (χ3n) is 5.99. The number of pyridine rings is 2. The summed E-state index contributed by atoms with van der Waals surface area (Å²) >= 11 is 0. The van der Waals surface area contributed by atoms with Crippen LogP contribution in [0.5, 0.6) is 0 Å². The zero-order valence-electron chi connectivity index (χ0n) is 18.6. The number of nitrogens with zero attached hydrogens (tertiary/aromatic N) is 5. The van der Waals surface area contributed by atoms with E-state index in [0.717, 1.165) is 30.9 Å². The Morgan fingerprint density at radius 2 is 1.74 bits per heavy atom. The Balaban J connectivity index is 1.43.